The van der Waals surface area contributed by atoms with E-state index in [1.54, 1.807) is 7.11 Å². The van der Waals surface area contributed by atoms with Crippen LogP contribution in [-0.2, 0) is 0 Å². The minimum Gasteiger partial charge on any atom is -0.496 e. The summed E-state index contributed by atoms with van der Waals surface area (Å²) in [5, 5.41) is 5.01. The first-order valence-electron chi connectivity index (χ1n) is 8.34. The van der Waals surface area contributed by atoms with E-state index in [0.29, 0.717) is 28.2 Å². The molecule has 0 radical (unpaired) electrons. The quantitative estimate of drug-likeness (QED) is 0.597. The molecule has 4 aromatic rings. The summed E-state index contributed by atoms with van der Waals surface area (Å²) in [5.41, 5.74) is 2.89. The predicted molar refractivity (Wildman–Crippen MR) is 101 cm³/mol. The highest BCUT2D eigenvalue weighted by atomic mass is 16.5. The van der Waals surface area contributed by atoms with Crippen LogP contribution in [0.1, 0.15) is 13.8 Å². The number of aromatic amines is 1. The van der Waals surface area contributed by atoms with Crippen LogP contribution in [0.25, 0.3) is 33.4 Å². The fourth-order valence-corrected chi connectivity index (χ4v) is 2.74. The molecule has 1 N–H and O–H groups in total. The molecule has 0 saturated heterocycles. The summed E-state index contributed by atoms with van der Waals surface area (Å²) < 4.78 is 11.0. The molecule has 0 aliphatic carbocycles. The topological polar surface area (TPSA) is 81.0 Å². The van der Waals surface area contributed by atoms with Crippen molar-refractivity contribution in [3.8, 4) is 28.1 Å². The van der Waals surface area contributed by atoms with Crippen LogP contribution in [0, 0.1) is 0 Å². The molecular formula is C20H19N3O3. The smallest absolute Gasteiger partial charge is 0.258 e. The number of hydrogen-bond acceptors (Lipinski definition) is 5. The molecule has 2 aromatic carbocycles. The van der Waals surface area contributed by atoms with E-state index in [2.05, 4.69) is 15.1 Å². The van der Waals surface area contributed by atoms with Crippen LogP contribution in [0.5, 0.6) is 5.75 Å². The average molecular weight is 349 g/mol. The fourth-order valence-electron chi connectivity index (χ4n) is 2.74. The van der Waals surface area contributed by atoms with Crippen molar-refractivity contribution in [1.29, 1.82) is 0 Å². The molecule has 2 aromatic heterocycles. The lowest BCUT2D eigenvalue weighted by molar-refractivity contribution is 0.415. The highest BCUT2D eigenvalue weighted by Crippen LogP contribution is 2.36. The largest absolute Gasteiger partial charge is 0.496 e. The number of ether oxygens (including phenoxy) is 1. The average Bonchev–Trinajstić information content (AvgIpc) is 3.14. The Kier molecular flexibility index (Phi) is 5.12. The lowest BCUT2D eigenvalue weighted by Gasteiger charge is -2.05. The van der Waals surface area contributed by atoms with Crippen LogP contribution in [0.2, 0.25) is 0 Å². The minimum absolute atomic E-state index is 0.229. The summed E-state index contributed by atoms with van der Waals surface area (Å²) >= 11 is 0. The fraction of sp³-hybridized carbons (Fsp3) is 0.150. The summed E-state index contributed by atoms with van der Waals surface area (Å²) in [4.78, 5) is 18.6. The molecule has 132 valence electrons. The van der Waals surface area contributed by atoms with Gasteiger partial charge in [0.15, 0.2) is 5.58 Å². The van der Waals surface area contributed by atoms with Gasteiger partial charge >= 0.3 is 0 Å². The lowest BCUT2D eigenvalue weighted by Crippen LogP contribution is -2.08. The normalized spacial score (nSPS) is 10.3. The van der Waals surface area contributed by atoms with E-state index in [4.69, 9.17) is 9.26 Å². The Morgan fingerprint density at radius 2 is 1.77 bits per heavy atom. The highest BCUT2D eigenvalue weighted by molar-refractivity contribution is 6.00. The van der Waals surface area contributed by atoms with Crippen molar-refractivity contribution in [2.75, 3.05) is 7.11 Å². The number of benzene rings is 2. The van der Waals surface area contributed by atoms with Crippen molar-refractivity contribution in [2.45, 2.75) is 13.8 Å². The SMILES string of the molecule is CC.COc1ccccc1-c1noc2c(-c3cnc[nH]c3=O)cccc12. The zero-order chi connectivity index (χ0) is 18.5. The van der Waals surface area contributed by atoms with Crippen LogP contribution < -0.4 is 10.3 Å². The Bertz CT molecular complexity index is 1080. The summed E-state index contributed by atoms with van der Waals surface area (Å²) in [6.45, 7) is 4.00. The van der Waals surface area contributed by atoms with Gasteiger partial charge < -0.3 is 14.2 Å². The molecule has 2 heterocycles. The number of H-pyrrole nitrogens is 1. The van der Waals surface area contributed by atoms with Crippen molar-refractivity contribution >= 4 is 11.0 Å². The molecule has 0 fully saturated rings. The van der Waals surface area contributed by atoms with E-state index in [1.807, 2.05) is 56.3 Å². The maximum Gasteiger partial charge on any atom is 0.258 e. The van der Waals surface area contributed by atoms with Gasteiger partial charge in [0.05, 0.1) is 24.4 Å². The van der Waals surface area contributed by atoms with Crippen LogP contribution >= 0.6 is 0 Å². The molecule has 4 rings (SSSR count). The second-order valence-electron chi connectivity index (χ2n) is 5.21. The summed E-state index contributed by atoms with van der Waals surface area (Å²) in [6, 6.07) is 13.2. The molecule has 0 saturated carbocycles. The second kappa shape index (κ2) is 7.65. The standard InChI is InChI=1S/C18H13N3O3.C2H6/c1-23-15-8-3-2-5-12(15)16-13-7-4-6-11(17(13)24-21-16)14-9-19-10-20-18(14)22;1-2/h2-10H,1H3,(H,19,20,22);1-2H3. The minimum atomic E-state index is -0.229. The zero-order valence-electron chi connectivity index (χ0n) is 14.8. The predicted octanol–water partition coefficient (Wildman–Crippen LogP) is 4.28. The first-order chi connectivity index (χ1) is 12.8. The maximum absolute atomic E-state index is 12.1. The van der Waals surface area contributed by atoms with Crippen LogP contribution in [-0.4, -0.2) is 22.2 Å². The molecule has 0 aliphatic rings. The van der Waals surface area contributed by atoms with E-state index in [1.165, 1.54) is 12.5 Å². The second-order valence-corrected chi connectivity index (χ2v) is 5.21. The molecule has 0 amide bonds. The number of fused-ring (bicyclic) bond motifs is 1. The number of para-hydroxylation sites is 2. The number of nitrogens with one attached hydrogen (secondary N) is 1. The molecule has 0 unspecified atom stereocenters. The van der Waals surface area contributed by atoms with E-state index in [0.717, 1.165) is 10.9 Å². The number of rotatable bonds is 3. The molecule has 0 atom stereocenters. The summed E-state index contributed by atoms with van der Waals surface area (Å²) in [6.07, 6.45) is 2.87. The van der Waals surface area contributed by atoms with E-state index in [-0.39, 0.29) is 5.56 Å². The van der Waals surface area contributed by atoms with Gasteiger partial charge in [-0.05, 0) is 18.2 Å². The van der Waals surface area contributed by atoms with E-state index in [9.17, 15) is 4.79 Å². The lowest BCUT2D eigenvalue weighted by atomic mass is 10.0. The Morgan fingerprint density at radius 1 is 1.00 bits per heavy atom. The maximum atomic E-state index is 12.1. The highest BCUT2D eigenvalue weighted by Gasteiger charge is 2.18. The first-order valence-corrected chi connectivity index (χ1v) is 8.34. The Morgan fingerprint density at radius 3 is 2.54 bits per heavy atom. The third-order valence-corrected chi connectivity index (χ3v) is 3.87. The van der Waals surface area contributed by atoms with Crippen molar-refractivity contribution in [3.63, 3.8) is 0 Å². The summed E-state index contributed by atoms with van der Waals surface area (Å²) in [5.74, 6) is 0.706. The number of nitrogens with zero attached hydrogens (tertiary/aromatic N) is 2. The van der Waals surface area contributed by atoms with Gasteiger partial charge in [-0.3, -0.25) is 4.79 Å². The Labute approximate surface area is 150 Å². The molecule has 0 spiro atoms. The van der Waals surface area contributed by atoms with Crippen molar-refractivity contribution in [1.82, 2.24) is 15.1 Å². The number of hydrogen-bond donors (Lipinski definition) is 1. The number of aromatic nitrogens is 3. The van der Waals surface area contributed by atoms with Crippen molar-refractivity contribution < 1.29 is 9.26 Å². The van der Waals surface area contributed by atoms with E-state index >= 15 is 0 Å². The monoisotopic (exact) mass is 349 g/mol. The van der Waals surface area contributed by atoms with Gasteiger partial charge in [-0.15, -0.1) is 0 Å². The number of methoxy groups -OCH3 is 1. The van der Waals surface area contributed by atoms with Crippen LogP contribution in [0.4, 0.5) is 0 Å². The molecule has 0 bridgehead atoms. The van der Waals surface area contributed by atoms with Gasteiger partial charge in [0.25, 0.3) is 5.56 Å². The molecule has 6 heteroatoms. The molecule has 6 nitrogen and oxygen atoms in total. The Balaban J connectivity index is 0.000000948. The molecular weight excluding hydrogens is 330 g/mol. The Hall–Kier alpha value is -3.41. The van der Waals surface area contributed by atoms with E-state index < -0.39 is 0 Å². The van der Waals surface area contributed by atoms with Crippen molar-refractivity contribution in [2.24, 2.45) is 0 Å². The third kappa shape index (κ3) is 2.97. The van der Waals surface area contributed by atoms with Gasteiger partial charge in [0.1, 0.15) is 11.4 Å². The molecule has 0 aliphatic heterocycles. The van der Waals surface area contributed by atoms with Gasteiger partial charge in [-0.1, -0.05) is 43.3 Å². The van der Waals surface area contributed by atoms with Gasteiger partial charge in [0, 0.05) is 17.3 Å². The summed E-state index contributed by atoms with van der Waals surface area (Å²) in [7, 11) is 1.61. The van der Waals surface area contributed by atoms with Crippen LogP contribution in [0.3, 0.4) is 0 Å². The first kappa shape index (κ1) is 17.4. The van der Waals surface area contributed by atoms with Gasteiger partial charge in [-0.2, -0.15) is 0 Å². The van der Waals surface area contributed by atoms with Gasteiger partial charge in [0.2, 0.25) is 0 Å². The van der Waals surface area contributed by atoms with Gasteiger partial charge in [-0.25, -0.2) is 4.98 Å². The van der Waals surface area contributed by atoms with Crippen molar-refractivity contribution in [3.05, 3.63) is 65.3 Å². The molecule has 26 heavy (non-hydrogen) atoms. The zero-order valence-corrected chi connectivity index (χ0v) is 14.8. The van der Waals surface area contributed by atoms with Crippen LogP contribution in [0.15, 0.2) is 64.3 Å². The third-order valence-electron chi connectivity index (χ3n) is 3.87.